The summed E-state index contributed by atoms with van der Waals surface area (Å²) in [5.74, 6) is 0.167. The van der Waals surface area contributed by atoms with Gasteiger partial charge in [0.1, 0.15) is 0 Å². The molecule has 1 fully saturated rings. The largest absolute Gasteiger partial charge is 0.395 e. The van der Waals surface area contributed by atoms with E-state index in [1.54, 1.807) is 0 Å². The van der Waals surface area contributed by atoms with Crippen molar-refractivity contribution < 1.29 is 9.90 Å². The predicted octanol–water partition coefficient (Wildman–Crippen LogP) is 3.45. The van der Waals surface area contributed by atoms with Crippen LogP contribution in [0.4, 0.5) is 0 Å². The fourth-order valence-corrected chi connectivity index (χ4v) is 3.07. The number of nitrogens with zero attached hydrogens (tertiary/aromatic N) is 1. The molecule has 2 rings (SSSR count). The van der Waals surface area contributed by atoms with Gasteiger partial charge in [0.25, 0.3) is 0 Å². The summed E-state index contributed by atoms with van der Waals surface area (Å²) in [6.07, 6.45) is 3.28. The first kappa shape index (κ1) is 16.3. The number of carbonyl (C=O) groups excluding carboxylic acids is 1. The lowest BCUT2D eigenvalue weighted by Gasteiger charge is -2.40. The highest BCUT2D eigenvalue weighted by atomic mass is 35.5. The van der Waals surface area contributed by atoms with Crippen molar-refractivity contribution in [2.24, 2.45) is 5.92 Å². The standard InChI is InChI=1S/C17H24ClNO2/c1-12(2)16(13-6-8-14(18)9-7-13)17(21)19(10-11-20)15-4-3-5-15/h6-9,12,15-16,20H,3-5,10-11H2,1-2H3. The third kappa shape index (κ3) is 3.78. The number of rotatable bonds is 6. The van der Waals surface area contributed by atoms with Gasteiger partial charge in [0, 0.05) is 17.6 Å². The van der Waals surface area contributed by atoms with Crippen molar-refractivity contribution in [1.29, 1.82) is 0 Å². The van der Waals surface area contributed by atoms with Gasteiger partial charge in [-0.05, 0) is 42.9 Å². The molecule has 1 amide bonds. The molecule has 0 aromatic heterocycles. The molecule has 0 spiro atoms. The number of hydrogen-bond donors (Lipinski definition) is 1. The van der Waals surface area contributed by atoms with E-state index in [-0.39, 0.29) is 24.3 Å². The van der Waals surface area contributed by atoms with Gasteiger partial charge in [0.05, 0.1) is 12.5 Å². The molecule has 1 N–H and O–H groups in total. The highest BCUT2D eigenvalue weighted by Gasteiger charge is 2.34. The van der Waals surface area contributed by atoms with Crippen LogP contribution in [-0.4, -0.2) is 35.1 Å². The Balaban J connectivity index is 2.23. The van der Waals surface area contributed by atoms with Crippen molar-refractivity contribution in [1.82, 2.24) is 4.90 Å². The summed E-state index contributed by atoms with van der Waals surface area (Å²) in [6, 6.07) is 7.84. The molecule has 0 radical (unpaired) electrons. The van der Waals surface area contributed by atoms with Crippen LogP contribution in [0.25, 0.3) is 0 Å². The maximum Gasteiger partial charge on any atom is 0.230 e. The van der Waals surface area contributed by atoms with Gasteiger partial charge >= 0.3 is 0 Å². The minimum Gasteiger partial charge on any atom is -0.395 e. The van der Waals surface area contributed by atoms with Crippen LogP contribution in [-0.2, 0) is 4.79 Å². The molecule has 1 atom stereocenters. The molecular weight excluding hydrogens is 286 g/mol. The van der Waals surface area contributed by atoms with Gasteiger partial charge in [-0.25, -0.2) is 0 Å². The Morgan fingerprint density at radius 1 is 1.33 bits per heavy atom. The van der Waals surface area contributed by atoms with E-state index in [2.05, 4.69) is 13.8 Å². The van der Waals surface area contributed by atoms with Crippen LogP contribution in [0, 0.1) is 5.92 Å². The van der Waals surface area contributed by atoms with Gasteiger partial charge in [0.2, 0.25) is 5.91 Å². The Morgan fingerprint density at radius 3 is 2.38 bits per heavy atom. The van der Waals surface area contributed by atoms with Crippen molar-refractivity contribution in [3.05, 3.63) is 34.9 Å². The fourth-order valence-electron chi connectivity index (χ4n) is 2.94. The second-order valence-electron chi connectivity index (χ2n) is 6.11. The molecule has 0 aliphatic heterocycles. The molecule has 0 bridgehead atoms. The van der Waals surface area contributed by atoms with E-state index in [1.165, 1.54) is 6.42 Å². The Kier molecular flexibility index (Phi) is 5.65. The van der Waals surface area contributed by atoms with Crippen molar-refractivity contribution >= 4 is 17.5 Å². The van der Waals surface area contributed by atoms with Crippen LogP contribution >= 0.6 is 11.6 Å². The van der Waals surface area contributed by atoms with E-state index < -0.39 is 0 Å². The Morgan fingerprint density at radius 2 is 1.95 bits per heavy atom. The first-order valence-corrected chi connectivity index (χ1v) is 8.09. The second kappa shape index (κ2) is 7.28. The molecule has 1 aliphatic rings. The van der Waals surface area contributed by atoms with Crippen LogP contribution in [0.1, 0.15) is 44.6 Å². The van der Waals surface area contributed by atoms with Crippen molar-refractivity contribution in [2.45, 2.75) is 45.1 Å². The second-order valence-corrected chi connectivity index (χ2v) is 6.55. The summed E-state index contributed by atoms with van der Waals surface area (Å²) in [6.45, 7) is 4.58. The number of amides is 1. The minimum atomic E-state index is -0.172. The molecule has 116 valence electrons. The summed E-state index contributed by atoms with van der Waals surface area (Å²) in [5, 5.41) is 9.95. The van der Waals surface area contributed by atoms with Gasteiger partial charge in [-0.2, -0.15) is 0 Å². The molecular formula is C17H24ClNO2. The van der Waals surface area contributed by atoms with E-state index in [0.717, 1.165) is 18.4 Å². The smallest absolute Gasteiger partial charge is 0.230 e. The number of aliphatic hydroxyl groups is 1. The van der Waals surface area contributed by atoms with Gasteiger partial charge in [0.15, 0.2) is 0 Å². The van der Waals surface area contributed by atoms with E-state index in [0.29, 0.717) is 17.6 Å². The zero-order chi connectivity index (χ0) is 15.4. The summed E-state index contributed by atoms with van der Waals surface area (Å²) in [7, 11) is 0. The molecule has 3 nitrogen and oxygen atoms in total. The minimum absolute atomic E-state index is 0.0215. The van der Waals surface area contributed by atoms with Crippen LogP contribution in [0.2, 0.25) is 5.02 Å². The molecule has 0 heterocycles. The first-order valence-electron chi connectivity index (χ1n) is 7.71. The Bertz CT molecular complexity index is 468. The van der Waals surface area contributed by atoms with E-state index in [4.69, 9.17) is 11.6 Å². The average Bonchev–Trinajstić information content (AvgIpc) is 2.38. The number of aliphatic hydroxyl groups excluding tert-OH is 1. The van der Waals surface area contributed by atoms with Gasteiger partial charge in [-0.15, -0.1) is 0 Å². The number of carbonyl (C=O) groups is 1. The molecule has 1 unspecified atom stereocenters. The monoisotopic (exact) mass is 309 g/mol. The molecule has 1 aliphatic carbocycles. The van der Waals surface area contributed by atoms with Crippen molar-refractivity contribution in [3.63, 3.8) is 0 Å². The molecule has 1 aromatic rings. The van der Waals surface area contributed by atoms with Gasteiger partial charge in [-0.3, -0.25) is 4.79 Å². The number of hydrogen-bond acceptors (Lipinski definition) is 2. The molecule has 21 heavy (non-hydrogen) atoms. The van der Waals surface area contributed by atoms with E-state index >= 15 is 0 Å². The van der Waals surface area contributed by atoms with Crippen molar-refractivity contribution in [3.8, 4) is 0 Å². The molecule has 1 aromatic carbocycles. The van der Waals surface area contributed by atoms with Crippen LogP contribution in [0.3, 0.4) is 0 Å². The lowest BCUT2D eigenvalue weighted by atomic mass is 9.84. The highest BCUT2D eigenvalue weighted by Crippen LogP contribution is 2.32. The molecule has 0 saturated heterocycles. The summed E-state index contributed by atoms with van der Waals surface area (Å²) in [4.78, 5) is 14.9. The zero-order valence-corrected chi connectivity index (χ0v) is 13.5. The summed E-state index contributed by atoms with van der Waals surface area (Å²) >= 11 is 5.94. The summed E-state index contributed by atoms with van der Waals surface area (Å²) in [5.41, 5.74) is 1.00. The molecule has 4 heteroatoms. The SMILES string of the molecule is CC(C)C(C(=O)N(CCO)C1CCC1)c1ccc(Cl)cc1. The van der Waals surface area contributed by atoms with Crippen LogP contribution in [0.5, 0.6) is 0 Å². The van der Waals surface area contributed by atoms with Crippen LogP contribution in [0.15, 0.2) is 24.3 Å². The van der Waals surface area contributed by atoms with Gasteiger partial charge < -0.3 is 10.0 Å². The van der Waals surface area contributed by atoms with E-state index in [9.17, 15) is 9.90 Å². The van der Waals surface area contributed by atoms with Gasteiger partial charge in [-0.1, -0.05) is 37.6 Å². The maximum absolute atomic E-state index is 13.0. The van der Waals surface area contributed by atoms with E-state index in [1.807, 2.05) is 29.2 Å². The maximum atomic E-state index is 13.0. The lowest BCUT2D eigenvalue weighted by Crippen LogP contribution is -2.48. The zero-order valence-electron chi connectivity index (χ0n) is 12.8. The normalized spacial score (nSPS) is 16.6. The highest BCUT2D eigenvalue weighted by molar-refractivity contribution is 6.30. The predicted molar refractivity (Wildman–Crippen MR) is 85.5 cm³/mol. The third-order valence-corrected chi connectivity index (χ3v) is 4.55. The lowest BCUT2D eigenvalue weighted by molar-refractivity contribution is -0.138. The summed E-state index contributed by atoms with van der Waals surface area (Å²) < 4.78 is 0. The quantitative estimate of drug-likeness (QED) is 0.874. The molecule has 1 saturated carbocycles. The van der Waals surface area contributed by atoms with Crippen LogP contribution < -0.4 is 0 Å². The topological polar surface area (TPSA) is 40.5 Å². The third-order valence-electron chi connectivity index (χ3n) is 4.30. The first-order chi connectivity index (χ1) is 10.0. The Hall–Kier alpha value is -1.06. The Labute approximate surface area is 131 Å². The number of benzene rings is 1. The van der Waals surface area contributed by atoms with Crippen molar-refractivity contribution in [2.75, 3.05) is 13.2 Å². The number of halogens is 1. The average molecular weight is 310 g/mol. The fraction of sp³-hybridized carbons (Fsp3) is 0.588.